The molecule has 2 heterocycles. The molecule has 0 saturated heterocycles. The summed E-state index contributed by atoms with van der Waals surface area (Å²) in [5.41, 5.74) is 8.33. The van der Waals surface area contributed by atoms with Crippen LogP contribution < -0.4 is 0 Å². The Morgan fingerprint density at radius 1 is 0.722 bits per heavy atom. The summed E-state index contributed by atoms with van der Waals surface area (Å²) in [4.78, 5) is 19.2. The average Bonchev–Trinajstić information content (AvgIpc) is 3.24. The van der Waals surface area contributed by atoms with Crippen LogP contribution in [0.3, 0.4) is 0 Å². The molecule has 0 bridgehead atoms. The quantitative estimate of drug-likeness (QED) is 0.201. The Kier molecular flexibility index (Phi) is 6.43. The van der Waals surface area contributed by atoms with Crippen molar-refractivity contribution in [3.8, 4) is 33.5 Å². The molecule has 4 nitrogen and oxygen atoms in total. The Morgan fingerprint density at radius 2 is 1.42 bits per heavy atom. The molecule has 0 unspecified atom stereocenters. The second-order valence-electron chi connectivity index (χ2n) is 8.30. The summed E-state index contributed by atoms with van der Waals surface area (Å²) >= 11 is 0. The molecule has 2 aromatic heterocycles. The standard InChI is InChI=1S/C21H12N.C10H7NO2.Ir/c1-2-7-14(8-3-1)20-13-18-16-10-5-4-9-15(16)17-11-6-12-19(22-20)21(17)18;12-10(13)9-5-7-3-1-2-4-8(7)6-11-9;/h1-7,9-13H;1-6H,(H,12,13);/q-1;;. The van der Waals surface area contributed by atoms with E-state index in [2.05, 4.69) is 65.6 Å². The number of aromatic nitrogens is 2. The van der Waals surface area contributed by atoms with Crippen LogP contribution in [0.4, 0.5) is 0 Å². The summed E-state index contributed by atoms with van der Waals surface area (Å²) in [7, 11) is 0. The smallest absolute Gasteiger partial charge is 0.354 e. The number of nitrogens with zero attached hydrogens (tertiary/aromatic N) is 2. The first-order chi connectivity index (χ1) is 17.2. The van der Waals surface area contributed by atoms with Crippen molar-refractivity contribution in [3.05, 3.63) is 121 Å². The molecule has 1 aliphatic rings. The third kappa shape index (κ3) is 4.20. The molecular formula is C31H19IrN2O2-. The van der Waals surface area contributed by atoms with E-state index in [1.807, 2.05) is 42.5 Å². The van der Waals surface area contributed by atoms with Crippen LogP contribution >= 0.6 is 0 Å². The molecule has 175 valence electrons. The molecule has 0 aliphatic heterocycles. The second kappa shape index (κ2) is 9.82. The first-order valence-corrected chi connectivity index (χ1v) is 11.3. The van der Waals surface area contributed by atoms with Gasteiger partial charge in [-0.2, -0.15) is 0 Å². The van der Waals surface area contributed by atoms with Gasteiger partial charge in [-0.3, -0.25) is 4.98 Å². The van der Waals surface area contributed by atoms with E-state index in [9.17, 15) is 4.79 Å². The number of carboxylic acids is 1. The van der Waals surface area contributed by atoms with Crippen molar-refractivity contribution in [2.45, 2.75) is 0 Å². The molecule has 7 rings (SSSR count). The zero-order valence-corrected chi connectivity index (χ0v) is 21.4. The normalized spacial score (nSPS) is 10.8. The molecule has 5 heteroatoms. The van der Waals surface area contributed by atoms with E-state index >= 15 is 0 Å². The predicted molar refractivity (Wildman–Crippen MR) is 139 cm³/mol. The Bertz CT molecular complexity index is 1730. The van der Waals surface area contributed by atoms with E-state index in [0.29, 0.717) is 0 Å². The zero-order chi connectivity index (χ0) is 23.8. The van der Waals surface area contributed by atoms with Crippen LogP contribution in [0.5, 0.6) is 0 Å². The van der Waals surface area contributed by atoms with Gasteiger partial charge in [0.05, 0.1) is 5.52 Å². The number of carboxylic acid groups (broad SMARTS) is 1. The summed E-state index contributed by atoms with van der Waals surface area (Å²) in [6.45, 7) is 0. The Balaban J connectivity index is 0.000000164. The van der Waals surface area contributed by atoms with Crippen LogP contribution in [0.15, 0.2) is 109 Å². The van der Waals surface area contributed by atoms with Crippen molar-refractivity contribution in [2.24, 2.45) is 0 Å². The Labute approximate surface area is 221 Å². The van der Waals surface area contributed by atoms with Crippen LogP contribution in [0.2, 0.25) is 0 Å². The molecule has 4 aromatic carbocycles. The molecule has 0 amide bonds. The molecule has 0 spiro atoms. The van der Waals surface area contributed by atoms with E-state index in [-0.39, 0.29) is 25.8 Å². The van der Waals surface area contributed by atoms with Gasteiger partial charge in [0.1, 0.15) is 5.69 Å². The van der Waals surface area contributed by atoms with Crippen LogP contribution in [-0.2, 0) is 20.1 Å². The first-order valence-electron chi connectivity index (χ1n) is 11.3. The number of hydrogen-bond acceptors (Lipinski definition) is 3. The second-order valence-corrected chi connectivity index (χ2v) is 8.30. The minimum atomic E-state index is -0.995. The zero-order valence-electron chi connectivity index (χ0n) is 19.0. The van der Waals surface area contributed by atoms with Crippen LogP contribution in [-0.4, -0.2) is 21.0 Å². The van der Waals surface area contributed by atoms with Crippen molar-refractivity contribution < 1.29 is 30.0 Å². The number of aromatic carboxylic acids is 1. The molecule has 36 heavy (non-hydrogen) atoms. The summed E-state index contributed by atoms with van der Waals surface area (Å²) < 4.78 is 0. The fourth-order valence-electron chi connectivity index (χ4n) is 4.57. The van der Waals surface area contributed by atoms with Crippen LogP contribution in [0.1, 0.15) is 10.5 Å². The van der Waals surface area contributed by atoms with Crippen molar-refractivity contribution in [2.75, 3.05) is 0 Å². The number of pyridine rings is 2. The first kappa shape index (κ1) is 23.6. The molecule has 1 radical (unpaired) electrons. The van der Waals surface area contributed by atoms with E-state index in [1.165, 1.54) is 27.6 Å². The maximum Gasteiger partial charge on any atom is 0.354 e. The van der Waals surface area contributed by atoms with Gasteiger partial charge in [0.25, 0.3) is 0 Å². The monoisotopic (exact) mass is 644 g/mol. The summed E-state index contributed by atoms with van der Waals surface area (Å²) in [6.07, 6.45) is 1.57. The number of carbonyl (C=O) groups is 1. The third-order valence-electron chi connectivity index (χ3n) is 6.18. The fraction of sp³-hybridized carbons (Fsp3) is 0. The molecule has 1 aliphatic carbocycles. The number of rotatable bonds is 2. The maximum absolute atomic E-state index is 10.6. The predicted octanol–water partition coefficient (Wildman–Crippen LogP) is 7.28. The number of fused-ring (bicyclic) bond motifs is 4. The molecule has 0 fully saturated rings. The van der Waals surface area contributed by atoms with Crippen molar-refractivity contribution >= 4 is 27.6 Å². The van der Waals surface area contributed by atoms with Gasteiger partial charge >= 0.3 is 5.97 Å². The fourth-order valence-corrected chi connectivity index (χ4v) is 4.57. The third-order valence-corrected chi connectivity index (χ3v) is 6.18. The van der Waals surface area contributed by atoms with Crippen molar-refractivity contribution in [1.29, 1.82) is 0 Å². The van der Waals surface area contributed by atoms with E-state index < -0.39 is 5.97 Å². The minimum absolute atomic E-state index is 0. The van der Waals surface area contributed by atoms with Gasteiger partial charge in [-0.1, -0.05) is 66.7 Å². The van der Waals surface area contributed by atoms with Gasteiger partial charge in [-0.05, 0) is 45.5 Å². The van der Waals surface area contributed by atoms with Gasteiger partial charge in [0.2, 0.25) is 0 Å². The van der Waals surface area contributed by atoms with Gasteiger partial charge < -0.3 is 5.11 Å². The van der Waals surface area contributed by atoms with Gasteiger partial charge in [-0.25, -0.2) is 9.78 Å². The topological polar surface area (TPSA) is 63.1 Å². The summed E-state index contributed by atoms with van der Waals surface area (Å²) in [5.74, 6) is -0.995. The molecule has 0 saturated carbocycles. The SMILES string of the molecule is O=C(O)c1cc2ccccc2cn1.[Ir].[c-]1ccccc1-c1cc2c3c(cccc3n1)-c1ccccc1-2. The molecule has 6 aromatic rings. The summed E-state index contributed by atoms with van der Waals surface area (Å²) in [5, 5.41) is 11.8. The minimum Gasteiger partial charge on any atom is -0.477 e. The molecule has 1 N–H and O–H groups in total. The van der Waals surface area contributed by atoms with Crippen molar-refractivity contribution in [3.63, 3.8) is 0 Å². The largest absolute Gasteiger partial charge is 0.477 e. The van der Waals surface area contributed by atoms with E-state index in [4.69, 9.17) is 10.1 Å². The molecular weight excluding hydrogens is 625 g/mol. The number of hydrogen-bond donors (Lipinski definition) is 1. The van der Waals surface area contributed by atoms with Crippen LogP contribution in [0.25, 0.3) is 55.2 Å². The van der Waals surface area contributed by atoms with Crippen LogP contribution in [0, 0.1) is 6.07 Å². The average molecular weight is 644 g/mol. The van der Waals surface area contributed by atoms with Gasteiger partial charge in [-0.15, -0.1) is 35.9 Å². The van der Waals surface area contributed by atoms with Gasteiger partial charge in [0.15, 0.2) is 0 Å². The summed E-state index contributed by atoms with van der Waals surface area (Å²) in [6, 6.07) is 37.5. The van der Waals surface area contributed by atoms with E-state index in [1.54, 1.807) is 12.3 Å². The van der Waals surface area contributed by atoms with Gasteiger partial charge in [0, 0.05) is 37.1 Å². The maximum atomic E-state index is 10.6. The van der Waals surface area contributed by atoms with E-state index in [0.717, 1.165) is 27.5 Å². The number of benzene rings is 4. The Morgan fingerprint density at radius 3 is 2.17 bits per heavy atom. The van der Waals surface area contributed by atoms with Crippen molar-refractivity contribution in [1.82, 2.24) is 9.97 Å². The Hall–Kier alpha value is -4.18. The molecule has 0 atom stereocenters.